The molecule has 0 aliphatic heterocycles. The molecule has 0 bridgehead atoms. The fraction of sp³-hybridized carbons (Fsp3) is 0.257. The molecule has 4 aromatic carbocycles. The number of anilines is 1. The Bertz CT molecular complexity index is 1730. The second-order valence-corrected chi connectivity index (χ2v) is 12.7. The minimum Gasteiger partial charge on any atom is -0.354 e. The Morgan fingerprint density at radius 2 is 1.48 bits per heavy atom. The lowest BCUT2D eigenvalue weighted by atomic mass is 10.0. The highest BCUT2D eigenvalue weighted by Crippen LogP contribution is 2.33. The van der Waals surface area contributed by atoms with Gasteiger partial charge in [-0.2, -0.15) is 13.2 Å². The Labute approximate surface area is 267 Å². The molecule has 0 heterocycles. The number of halogens is 3. The number of nitrogens with one attached hydrogen (secondary N) is 1. The molecule has 1 N–H and O–H groups in total. The quantitative estimate of drug-likeness (QED) is 0.182. The van der Waals surface area contributed by atoms with Gasteiger partial charge in [-0.1, -0.05) is 85.8 Å². The lowest BCUT2D eigenvalue weighted by Crippen LogP contribution is -2.53. The maximum absolute atomic E-state index is 14.4. The van der Waals surface area contributed by atoms with Crippen molar-refractivity contribution in [2.45, 2.75) is 50.3 Å². The third kappa shape index (κ3) is 8.54. The van der Waals surface area contributed by atoms with Gasteiger partial charge in [-0.05, 0) is 60.4 Å². The molecule has 0 aliphatic rings. The van der Waals surface area contributed by atoms with Gasteiger partial charge >= 0.3 is 6.18 Å². The van der Waals surface area contributed by atoms with Gasteiger partial charge in [0.25, 0.3) is 10.0 Å². The maximum Gasteiger partial charge on any atom is 0.416 e. The van der Waals surface area contributed by atoms with Gasteiger partial charge < -0.3 is 10.2 Å². The van der Waals surface area contributed by atoms with Gasteiger partial charge in [-0.15, -0.1) is 0 Å². The zero-order valence-corrected chi connectivity index (χ0v) is 26.4. The van der Waals surface area contributed by atoms with E-state index >= 15 is 0 Å². The zero-order chi connectivity index (χ0) is 33.3. The van der Waals surface area contributed by atoms with Crippen LogP contribution in [0.3, 0.4) is 0 Å². The molecular weight excluding hydrogens is 615 g/mol. The fourth-order valence-corrected chi connectivity index (χ4v) is 6.40. The number of aryl methyl sites for hydroxylation is 1. The van der Waals surface area contributed by atoms with E-state index in [1.165, 1.54) is 35.2 Å². The van der Waals surface area contributed by atoms with Gasteiger partial charge in [0.2, 0.25) is 11.8 Å². The predicted molar refractivity (Wildman–Crippen MR) is 171 cm³/mol. The minimum atomic E-state index is -4.75. The van der Waals surface area contributed by atoms with E-state index in [9.17, 15) is 31.2 Å². The van der Waals surface area contributed by atoms with Crippen LogP contribution in [0.15, 0.2) is 114 Å². The summed E-state index contributed by atoms with van der Waals surface area (Å²) in [6, 6.07) is 26.4. The van der Waals surface area contributed by atoms with Crippen molar-refractivity contribution in [3.8, 4) is 0 Å². The van der Waals surface area contributed by atoms with Crippen LogP contribution in [0.5, 0.6) is 0 Å². The molecule has 0 fully saturated rings. The normalized spacial score (nSPS) is 12.3. The molecule has 1 atom stereocenters. The summed E-state index contributed by atoms with van der Waals surface area (Å²) in [4.78, 5) is 29.2. The standard InChI is InChI=1S/C35H36F3N3O4S/c1-3-21-39-34(43)32(22-27-14-6-4-7-15-27)40(24-28-16-11-10-13-26(28)2)33(42)25-41(46(44,45)31-19-8-5-9-20-31)30-18-12-17-29(23-30)35(36,37)38/h4-20,23,32H,3,21-22,24-25H2,1-2H3,(H,39,43)/t32-/m1/s1. The molecule has 4 rings (SSSR count). The predicted octanol–water partition coefficient (Wildman–Crippen LogP) is 6.38. The maximum atomic E-state index is 14.4. The molecule has 46 heavy (non-hydrogen) atoms. The monoisotopic (exact) mass is 651 g/mol. The van der Waals surface area contributed by atoms with E-state index < -0.39 is 46.2 Å². The smallest absolute Gasteiger partial charge is 0.354 e. The minimum absolute atomic E-state index is 0.0373. The Morgan fingerprint density at radius 3 is 2.11 bits per heavy atom. The number of hydrogen-bond acceptors (Lipinski definition) is 4. The van der Waals surface area contributed by atoms with Gasteiger partial charge in [0.05, 0.1) is 16.1 Å². The second kappa shape index (κ2) is 15.1. The summed E-state index contributed by atoms with van der Waals surface area (Å²) in [5.41, 5.74) is 0.947. The van der Waals surface area contributed by atoms with Crippen LogP contribution < -0.4 is 9.62 Å². The molecule has 0 saturated heterocycles. The van der Waals surface area contributed by atoms with E-state index in [1.807, 2.05) is 62.4 Å². The average Bonchev–Trinajstić information content (AvgIpc) is 3.05. The molecule has 7 nitrogen and oxygen atoms in total. The van der Waals surface area contributed by atoms with Crippen LogP contribution in [0.25, 0.3) is 0 Å². The molecule has 4 aromatic rings. The highest BCUT2D eigenvalue weighted by atomic mass is 32.2. The van der Waals surface area contributed by atoms with Crippen LogP contribution in [0, 0.1) is 6.92 Å². The van der Waals surface area contributed by atoms with Gasteiger partial charge in [0, 0.05) is 19.5 Å². The van der Waals surface area contributed by atoms with E-state index in [-0.39, 0.29) is 23.5 Å². The van der Waals surface area contributed by atoms with Gasteiger partial charge in [-0.25, -0.2) is 8.42 Å². The first-order chi connectivity index (χ1) is 21.9. The Morgan fingerprint density at radius 1 is 0.848 bits per heavy atom. The Hall–Kier alpha value is -4.64. The largest absolute Gasteiger partial charge is 0.416 e. The molecule has 0 aliphatic carbocycles. The van der Waals surface area contributed by atoms with Gasteiger partial charge in [0.15, 0.2) is 0 Å². The number of amides is 2. The number of carbonyl (C=O) groups excluding carboxylic acids is 2. The van der Waals surface area contributed by atoms with Crippen molar-refractivity contribution in [3.05, 3.63) is 131 Å². The SMILES string of the molecule is CCCNC(=O)[C@@H](Cc1ccccc1)N(Cc1ccccc1C)C(=O)CN(c1cccc(C(F)(F)F)c1)S(=O)(=O)c1ccccc1. The molecule has 0 unspecified atom stereocenters. The van der Waals surface area contributed by atoms with Gasteiger partial charge in [-0.3, -0.25) is 13.9 Å². The van der Waals surface area contributed by atoms with E-state index in [4.69, 9.17) is 0 Å². The molecule has 0 radical (unpaired) electrons. The van der Waals surface area contributed by atoms with Crippen LogP contribution in [0.1, 0.15) is 35.6 Å². The first-order valence-electron chi connectivity index (χ1n) is 14.8. The first-order valence-corrected chi connectivity index (χ1v) is 16.3. The second-order valence-electron chi connectivity index (χ2n) is 10.8. The van der Waals surface area contributed by atoms with E-state index in [0.29, 0.717) is 23.3 Å². The summed E-state index contributed by atoms with van der Waals surface area (Å²) in [6.07, 6.45) is -3.98. The molecule has 0 spiro atoms. The van der Waals surface area contributed by atoms with E-state index in [2.05, 4.69) is 5.32 Å². The van der Waals surface area contributed by atoms with E-state index in [0.717, 1.165) is 28.8 Å². The van der Waals surface area contributed by atoms with Crippen molar-refractivity contribution in [3.63, 3.8) is 0 Å². The highest BCUT2D eigenvalue weighted by molar-refractivity contribution is 7.92. The van der Waals surface area contributed by atoms with Crippen LogP contribution in [-0.2, 0) is 38.8 Å². The summed E-state index contributed by atoms with van der Waals surface area (Å²) in [6.45, 7) is 3.22. The number of carbonyl (C=O) groups is 2. The first kappa shape index (κ1) is 34.2. The number of sulfonamides is 1. The van der Waals surface area contributed by atoms with E-state index in [1.54, 1.807) is 12.1 Å². The molecule has 0 aromatic heterocycles. The van der Waals surface area contributed by atoms with Crippen LogP contribution in [0.2, 0.25) is 0 Å². The topological polar surface area (TPSA) is 86.8 Å². The molecule has 242 valence electrons. The third-order valence-electron chi connectivity index (χ3n) is 7.49. The molecule has 0 saturated carbocycles. The highest BCUT2D eigenvalue weighted by Gasteiger charge is 2.36. The number of alkyl halides is 3. The number of rotatable bonds is 13. The van der Waals surface area contributed by atoms with Crippen molar-refractivity contribution >= 4 is 27.5 Å². The van der Waals surface area contributed by atoms with Crippen molar-refractivity contribution in [1.82, 2.24) is 10.2 Å². The molecule has 2 amide bonds. The van der Waals surface area contributed by atoms with Crippen LogP contribution in [-0.4, -0.2) is 44.3 Å². The lowest BCUT2D eigenvalue weighted by molar-refractivity contribution is -0.140. The third-order valence-corrected chi connectivity index (χ3v) is 9.28. The van der Waals surface area contributed by atoms with Crippen molar-refractivity contribution in [2.24, 2.45) is 0 Å². The van der Waals surface area contributed by atoms with Crippen LogP contribution >= 0.6 is 0 Å². The van der Waals surface area contributed by atoms with Crippen molar-refractivity contribution in [2.75, 3.05) is 17.4 Å². The summed E-state index contributed by atoms with van der Waals surface area (Å²) >= 11 is 0. The number of benzene rings is 4. The molecular formula is C35H36F3N3O4S. The average molecular weight is 652 g/mol. The van der Waals surface area contributed by atoms with Crippen molar-refractivity contribution in [1.29, 1.82) is 0 Å². The van der Waals surface area contributed by atoms with Gasteiger partial charge in [0.1, 0.15) is 12.6 Å². The number of hydrogen-bond donors (Lipinski definition) is 1. The molecule has 11 heteroatoms. The Balaban J connectivity index is 1.84. The van der Waals surface area contributed by atoms with Crippen molar-refractivity contribution < 1.29 is 31.2 Å². The number of nitrogens with zero attached hydrogens (tertiary/aromatic N) is 2. The fourth-order valence-electron chi connectivity index (χ4n) is 4.98. The lowest BCUT2D eigenvalue weighted by Gasteiger charge is -2.34. The summed E-state index contributed by atoms with van der Waals surface area (Å²) in [7, 11) is -4.53. The summed E-state index contributed by atoms with van der Waals surface area (Å²) < 4.78 is 69.9. The zero-order valence-electron chi connectivity index (χ0n) is 25.6. The summed E-state index contributed by atoms with van der Waals surface area (Å²) in [5.74, 6) is -1.18. The summed E-state index contributed by atoms with van der Waals surface area (Å²) in [5, 5.41) is 2.86. The Kier molecular flexibility index (Phi) is 11.2. The van der Waals surface area contributed by atoms with Crippen LogP contribution in [0.4, 0.5) is 18.9 Å².